The van der Waals surface area contributed by atoms with Crippen LogP contribution in [0.2, 0.25) is 0 Å². The van der Waals surface area contributed by atoms with Crippen molar-refractivity contribution in [2.45, 2.75) is 18.7 Å². The molecule has 0 atom stereocenters. The Balaban J connectivity index is 1.47. The zero-order valence-corrected chi connectivity index (χ0v) is 23.7. The molecule has 0 aliphatic carbocycles. The van der Waals surface area contributed by atoms with E-state index in [2.05, 4.69) is 10.0 Å². The molecule has 0 fully saturated rings. The number of ether oxygens (including phenoxy) is 1. The van der Waals surface area contributed by atoms with E-state index in [4.69, 9.17) is 9.72 Å². The van der Waals surface area contributed by atoms with Gasteiger partial charge in [-0.1, -0.05) is 18.2 Å². The molecule has 0 radical (unpaired) electrons. The monoisotopic (exact) mass is 595 g/mol. The lowest BCUT2D eigenvalue weighted by atomic mass is 10.1. The summed E-state index contributed by atoms with van der Waals surface area (Å²) in [6.07, 6.45) is 0. The first-order chi connectivity index (χ1) is 19.2. The van der Waals surface area contributed by atoms with E-state index in [1.807, 2.05) is 24.3 Å². The van der Waals surface area contributed by atoms with Crippen LogP contribution in [0.3, 0.4) is 0 Å². The van der Waals surface area contributed by atoms with Crippen molar-refractivity contribution in [3.8, 4) is 10.6 Å². The van der Waals surface area contributed by atoms with Crippen LogP contribution in [-0.2, 0) is 14.8 Å². The first-order valence-corrected chi connectivity index (χ1v) is 15.1. The van der Waals surface area contributed by atoms with Gasteiger partial charge in [0.05, 0.1) is 21.7 Å². The van der Waals surface area contributed by atoms with Crippen molar-refractivity contribution >= 4 is 65.5 Å². The molecule has 2 heterocycles. The number of para-hydroxylation sites is 1. The number of fused-ring (bicyclic) bond motifs is 1. The molecule has 204 valence electrons. The Hall–Kier alpha value is -4.13. The molecule has 0 saturated carbocycles. The highest BCUT2D eigenvalue weighted by Crippen LogP contribution is 2.43. The third-order valence-electron chi connectivity index (χ3n) is 5.84. The molecule has 3 aromatic carbocycles. The summed E-state index contributed by atoms with van der Waals surface area (Å²) >= 11 is 2.53. The summed E-state index contributed by atoms with van der Waals surface area (Å²) in [5, 5.41) is 3.93. The van der Waals surface area contributed by atoms with E-state index in [0.717, 1.165) is 45.8 Å². The van der Waals surface area contributed by atoms with Crippen molar-refractivity contribution < 1.29 is 27.1 Å². The highest BCUT2D eigenvalue weighted by molar-refractivity contribution is 7.92. The molecule has 8 nitrogen and oxygen atoms in total. The van der Waals surface area contributed by atoms with Crippen LogP contribution >= 0.6 is 22.7 Å². The zero-order chi connectivity index (χ0) is 28.4. The predicted octanol–water partition coefficient (Wildman–Crippen LogP) is 6.70. The standard InChI is InChI=1S/C28H22FN3O5S3/c1-3-37-28(34)24-16(2)23(26-30-21-9-4-5-10-22(21)38-26)27(39-24)31-25(33)17-7-6-8-19(15-17)32-40(35,36)20-13-11-18(29)12-14-20/h4-15,32H,3H2,1-2H3,(H,31,33). The largest absolute Gasteiger partial charge is 0.462 e. The van der Waals surface area contributed by atoms with Gasteiger partial charge in [-0.2, -0.15) is 0 Å². The number of esters is 1. The summed E-state index contributed by atoms with van der Waals surface area (Å²) < 4.78 is 47.3. The van der Waals surface area contributed by atoms with Gasteiger partial charge in [0.25, 0.3) is 15.9 Å². The van der Waals surface area contributed by atoms with Crippen LogP contribution < -0.4 is 10.0 Å². The number of amides is 1. The number of nitrogens with one attached hydrogen (secondary N) is 2. The lowest BCUT2D eigenvalue weighted by Crippen LogP contribution is -2.15. The molecule has 0 aliphatic heterocycles. The van der Waals surface area contributed by atoms with Crippen LogP contribution in [0.1, 0.15) is 32.5 Å². The number of halogens is 1. The maximum absolute atomic E-state index is 13.4. The SMILES string of the molecule is CCOC(=O)c1sc(NC(=O)c2cccc(NS(=O)(=O)c3ccc(F)cc3)c2)c(-c2nc3ccccc3s2)c1C. The van der Waals surface area contributed by atoms with Gasteiger partial charge in [-0.25, -0.2) is 22.6 Å². The van der Waals surface area contributed by atoms with Crippen molar-refractivity contribution in [3.05, 3.63) is 94.6 Å². The van der Waals surface area contributed by atoms with Crippen molar-refractivity contribution in [2.75, 3.05) is 16.6 Å². The summed E-state index contributed by atoms with van der Waals surface area (Å²) in [5.41, 5.74) is 2.38. The quantitative estimate of drug-likeness (QED) is 0.193. The molecule has 0 saturated heterocycles. The van der Waals surface area contributed by atoms with Gasteiger partial charge in [0.2, 0.25) is 0 Å². The highest BCUT2D eigenvalue weighted by atomic mass is 32.2. The topological polar surface area (TPSA) is 114 Å². The van der Waals surface area contributed by atoms with Crippen LogP contribution in [0.4, 0.5) is 15.1 Å². The smallest absolute Gasteiger partial charge is 0.348 e. The fourth-order valence-electron chi connectivity index (χ4n) is 3.96. The van der Waals surface area contributed by atoms with Gasteiger partial charge >= 0.3 is 5.97 Å². The molecule has 0 unspecified atom stereocenters. The average Bonchev–Trinajstić information content (AvgIpc) is 3.49. The summed E-state index contributed by atoms with van der Waals surface area (Å²) in [4.78, 5) is 31.0. The van der Waals surface area contributed by atoms with Crippen molar-refractivity contribution in [2.24, 2.45) is 0 Å². The minimum atomic E-state index is -4.01. The van der Waals surface area contributed by atoms with Gasteiger partial charge in [0, 0.05) is 16.8 Å². The Morgan fingerprint density at radius 3 is 2.48 bits per heavy atom. The predicted molar refractivity (Wildman–Crippen MR) is 155 cm³/mol. The van der Waals surface area contributed by atoms with Gasteiger partial charge in [-0.15, -0.1) is 22.7 Å². The van der Waals surface area contributed by atoms with E-state index in [1.54, 1.807) is 13.8 Å². The van der Waals surface area contributed by atoms with Gasteiger partial charge < -0.3 is 10.1 Å². The Bertz CT molecular complexity index is 1810. The summed E-state index contributed by atoms with van der Waals surface area (Å²) in [6, 6.07) is 18.0. The lowest BCUT2D eigenvalue weighted by molar-refractivity contribution is 0.0531. The molecule has 2 aromatic heterocycles. The minimum Gasteiger partial charge on any atom is -0.462 e. The molecule has 0 spiro atoms. The number of benzene rings is 3. The Morgan fingerprint density at radius 2 is 1.75 bits per heavy atom. The third kappa shape index (κ3) is 5.60. The van der Waals surface area contributed by atoms with Crippen LogP contribution in [-0.4, -0.2) is 31.9 Å². The number of nitrogens with zero attached hydrogens (tertiary/aromatic N) is 1. The number of thiophene rings is 1. The third-order valence-corrected chi connectivity index (χ3v) is 9.48. The maximum atomic E-state index is 13.4. The molecule has 5 aromatic rings. The van der Waals surface area contributed by atoms with Gasteiger partial charge in [-0.3, -0.25) is 9.52 Å². The van der Waals surface area contributed by atoms with Gasteiger partial charge in [0.1, 0.15) is 20.7 Å². The van der Waals surface area contributed by atoms with Gasteiger partial charge in [0.15, 0.2) is 0 Å². The fraction of sp³-hybridized carbons (Fsp3) is 0.107. The summed E-state index contributed by atoms with van der Waals surface area (Å²) in [6.45, 7) is 3.70. The number of carbonyl (C=O) groups excluding carboxylic acids is 2. The Kier molecular flexibility index (Phi) is 7.66. The molecule has 40 heavy (non-hydrogen) atoms. The number of hydrogen-bond acceptors (Lipinski definition) is 8. The zero-order valence-electron chi connectivity index (χ0n) is 21.2. The average molecular weight is 596 g/mol. The first-order valence-electron chi connectivity index (χ1n) is 12.0. The molecule has 5 rings (SSSR count). The minimum absolute atomic E-state index is 0.121. The molecular formula is C28H22FN3O5S3. The highest BCUT2D eigenvalue weighted by Gasteiger charge is 2.26. The number of carbonyl (C=O) groups is 2. The van der Waals surface area contributed by atoms with E-state index < -0.39 is 27.7 Å². The van der Waals surface area contributed by atoms with Crippen LogP contribution in [0.15, 0.2) is 77.7 Å². The van der Waals surface area contributed by atoms with Crippen LogP contribution in [0.25, 0.3) is 20.8 Å². The van der Waals surface area contributed by atoms with Gasteiger partial charge in [-0.05, 0) is 74.0 Å². The first kappa shape index (κ1) is 27.4. The second kappa shape index (κ2) is 11.2. The van der Waals surface area contributed by atoms with E-state index in [0.29, 0.717) is 26.0 Å². The molecule has 0 bridgehead atoms. The number of aromatic nitrogens is 1. The van der Waals surface area contributed by atoms with Crippen molar-refractivity contribution in [1.29, 1.82) is 0 Å². The number of thiazole rings is 1. The molecular weight excluding hydrogens is 574 g/mol. The molecule has 2 N–H and O–H groups in total. The summed E-state index contributed by atoms with van der Waals surface area (Å²) in [5.74, 6) is -1.57. The van der Waals surface area contributed by atoms with Crippen LogP contribution in [0.5, 0.6) is 0 Å². The number of sulfonamides is 1. The Morgan fingerprint density at radius 1 is 1.00 bits per heavy atom. The number of anilines is 2. The summed E-state index contributed by atoms with van der Waals surface area (Å²) in [7, 11) is -4.01. The van der Waals surface area contributed by atoms with Crippen molar-refractivity contribution in [3.63, 3.8) is 0 Å². The molecule has 0 aliphatic rings. The van der Waals surface area contributed by atoms with E-state index in [1.165, 1.54) is 35.6 Å². The second-order valence-electron chi connectivity index (χ2n) is 8.56. The lowest BCUT2D eigenvalue weighted by Gasteiger charge is -2.10. The Labute approximate surface area is 237 Å². The van der Waals surface area contributed by atoms with E-state index >= 15 is 0 Å². The molecule has 1 amide bonds. The second-order valence-corrected chi connectivity index (χ2v) is 12.3. The van der Waals surface area contributed by atoms with Crippen molar-refractivity contribution in [1.82, 2.24) is 4.98 Å². The van der Waals surface area contributed by atoms with Crippen LogP contribution in [0, 0.1) is 12.7 Å². The normalized spacial score (nSPS) is 11.4. The van der Waals surface area contributed by atoms with E-state index in [9.17, 15) is 22.4 Å². The van der Waals surface area contributed by atoms with E-state index in [-0.39, 0.29) is 22.8 Å². The number of hydrogen-bond donors (Lipinski definition) is 2. The fourth-order valence-corrected chi connectivity index (χ4v) is 7.24. The number of rotatable bonds is 8. The maximum Gasteiger partial charge on any atom is 0.348 e. The molecule has 12 heteroatoms.